The number of hydrogen-bond acceptors (Lipinski definition) is 5. The van der Waals surface area contributed by atoms with Crippen molar-refractivity contribution in [3.63, 3.8) is 0 Å². The lowest BCUT2D eigenvalue weighted by Gasteiger charge is -2.40. The van der Waals surface area contributed by atoms with Crippen molar-refractivity contribution in [2.45, 2.75) is 32.0 Å². The van der Waals surface area contributed by atoms with Crippen molar-refractivity contribution >= 4 is 42.9 Å². The van der Waals surface area contributed by atoms with Crippen LogP contribution in [0.2, 0.25) is 0 Å². The molecule has 5 aromatic rings. The Kier molecular flexibility index (Phi) is 14.0. The van der Waals surface area contributed by atoms with Crippen LogP contribution in [0.5, 0.6) is 5.75 Å². The molecule has 3 aromatic carbocycles. The molecule has 1 saturated heterocycles. The second-order valence-electron chi connectivity index (χ2n) is 11.2. The summed E-state index contributed by atoms with van der Waals surface area (Å²) in [6.07, 6.45) is 5.16. The maximum atomic E-state index is 13.9. The summed E-state index contributed by atoms with van der Waals surface area (Å²) in [5, 5.41) is 0. The maximum Gasteiger partial charge on any atom is 0.126 e. The van der Waals surface area contributed by atoms with Crippen molar-refractivity contribution in [1.82, 2.24) is 14.9 Å². The number of rotatable bonds is 9. The molecule has 6 rings (SSSR count). The minimum atomic E-state index is -0.644. The third-order valence-electron chi connectivity index (χ3n) is 8.13. The second-order valence-corrected chi connectivity index (χ2v) is 11.2. The lowest BCUT2D eigenvalue weighted by atomic mass is 10.00. The number of piperidine rings is 1. The fourth-order valence-electron chi connectivity index (χ4n) is 5.91. The molecular weight excluding hydrogens is 687 g/mol. The van der Waals surface area contributed by atoms with Gasteiger partial charge in [-0.1, -0.05) is 0 Å². The first-order valence-electron chi connectivity index (χ1n) is 14.8. The van der Waals surface area contributed by atoms with E-state index in [0.29, 0.717) is 35.6 Å². The number of hydrogen-bond donors (Lipinski definition) is 0. The maximum absolute atomic E-state index is 13.9. The average Bonchev–Trinajstić information content (AvgIpc) is 3.04. The molecular formula is C36H35Cl3F4N4O. The van der Waals surface area contributed by atoms with E-state index in [9.17, 15) is 17.6 Å². The molecule has 0 spiro atoms. The average molecular weight is 722 g/mol. The Morgan fingerprint density at radius 3 is 1.65 bits per heavy atom. The van der Waals surface area contributed by atoms with Crippen LogP contribution in [0.1, 0.15) is 24.0 Å². The molecule has 3 heterocycles. The third kappa shape index (κ3) is 9.60. The number of halogens is 7. The Morgan fingerprint density at radius 2 is 1.15 bits per heavy atom. The van der Waals surface area contributed by atoms with E-state index in [1.165, 1.54) is 24.3 Å². The van der Waals surface area contributed by atoms with Gasteiger partial charge in [0.25, 0.3) is 0 Å². The number of pyridine rings is 2. The van der Waals surface area contributed by atoms with Crippen molar-refractivity contribution in [2.24, 2.45) is 0 Å². The molecule has 2 aromatic heterocycles. The summed E-state index contributed by atoms with van der Waals surface area (Å²) in [5.74, 6) is -1.78. The molecule has 12 heteroatoms. The Bertz CT molecular complexity index is 1750. The SMILES string of the molecule is COc1ccc(N(Cc2ccnc(-c3cc(F)cc(F)c3)c2)C2CCN(Cc3ccnc(-c4cc(F)cc(F)c4)c3)CC2)cc1.Cl.Cl.Cl. The summed E-state index contributed by atoms with van der Waals surface area (Å²) in [6, 6.07) is 22.7. The molecule has 0 unspecified atom stereocenters. The predicted octanol–water partition coefficient (Wildman–Crippen LogP) is 9.31. The number of nitrogens with zero attached hydrogens (tertiary/aromatic N) is 4. The number of aromatic nitrogens is 2. The van der Waals surface area contributed by atoms with E-state index in [-0.39, 0.29) is 43.3 Å². The fourth-order valence-corrected chi connectivity index (χ4v) is 5.91. The standard InChI is InChI=1S/C36H32F4N4O.3ClH/c1-45-34-4-2-32(3-5-34)44(23-25-7-11-42-36(15-25)27-18-30(39)21-31(40)19-27)33-8-12-43(13-9-33)22-24-6-10-41-35(14-24)26-16-28(37)20-29(38)17-26;;;/h2-7,10-11,14-21,33H,8-9,12-13,22-23H2,1H3;3*1H. The highest BCUT2D eigenvalue weighted by molar-refractivity contribution is 5.86. The minimum Gasteiger partial charge on any atom is -0.497 e. The van der Waals surface area contributed by atoms with Gasteiger partial charge < -0.3 is 9.64 Å². The van der Waals surface area contributed by atoms with Crippen molar-refractivity contribution in [1.29, 1.82) is 0 Å². The normalized spacial score (nSPS) is 13.1. The molecule has 0 aliphatic carbocycles. The molecule has 0 radical (unpaired) electrons. The molecule has 5 nitrogen and oxygen atoms in total. The number of benzene rings is 3. The molecule has 0 saturated carbocycles. The summed E-state index contributed by atoms with van der Waals surface area (Å²) >= 11 is 0. The third-order valence-corrected chi connectivity index (χ3v) is 8.13. The molecule has 0 bridgehead atoms. The largest absolute Gasteiger partial charge is 0.497 e. The van der Waals surface area contributed by atoms with E-state index < -0.39 is 23.3 Å². The second kappa shape index (κ2) is 17.5. The lowest BCUT2D eigenvalue weighted by molar-refractivity contribution is 0.201. The van der Waals surface area contributed by atoms with E-state index in [1.807, 2.05) is 48.5 Å². The van der Waals surface area contributed by atoms with Crippen LogP contribution in [0, 0.1) is 23.3 Å². The van der Waals surface area contributed by atoms with E-state index in [1.54, 1.807) is 19.5 Å². The van der Waals surface area contributed by atoms with Gasteiger partial charge in [0.1, 0.15) is 29.0 Å². The molecule has 0 atom stereocenters. The molecule has 1 aliphatic rings. The summed E-state index contributed by atoms with van der Waals surface area (Å²) in [4.78, 5) is 13.4. The van der Waals surface area contributed by atoms with Crippen LogP contribution in [0.15, 0.2) is 97.3 Å². The Morgan fingerprint density at radius 1 is 0.667 bits per heavy atom. The zero-order valence-electron chi connectivity index (χ0n) is 26.0. The van der Waals surface area contributed by atoms with Crippen LogP contribution >= 0.6 is 37.2 Å². The van der Waals surface area contributed by atoms with Crippen LogP contribution in [-0.4, -0.2) is 41.1 Å². The topological polar surface area (TPSA) is 41.5 Å². The van der Waals surface area contributed by atoms with Crippen molar-refractivity contribution in [2.75, 3.05) is 25.1 Å². The molecule has 0 N–H and O–H groups in total. The van der Waals surface area contributed by atoms with Gasteiger partial charge in [0, 0.05) is 73.6 Å². The predicted molar refractivity (Wildman–Crippen MR) is 188 cm³/mol. The number of anilines is 1. The van der Waals surface area contributed by atoms with Crippen LogP contribution in [-0.2, 0) is 13.1 Å². The van der Waals surface area contributed by atoms with Gasteiger partial charge in [-0.3, -0.25) is 14.9 Å². The zero-order valence-corrected chi connectivity index (χ0v) is 28.4. The monoisotopic (exact) mass is 720 g/mol. The van der Waals surface area contributed by atoms with Crippen LogP contribution in [0.25, 0.3) is 22.5 Å². The minimum absolute atomic E-state index is 0. The molecule has 254 valence electrons. The van der Waals surface area contributed by atoms with E-state index in [4.69, 9.17) is 4.74 Å². The molecule has 0 amide bonds. The van der Waals surface area contributed by atoms with E-state index in [0.717, 1.165) is 60.6 Å². The van der Waals surface area contributed by atoms with Crippen LogP contribution < -0.4 is 9.64 Å². The van der Waals surface area contributed by atoms with Crippen molar-refractivity contribution in [3.8, 4) is 28.3 Å². The Hall–Kier alpha value is -3.89. The smallest absolute Gasteiger partial charge is 0.126 e. The van der Waals surface area contributed by atoms with Gasteiger partial charge >= 0.3 is 0 Å². The zero-order chi connectivity index (χ0) is 31.3. The molecule has 1 aliphatic heterocycles. The van der Waals surface area contributed by atoms with Gasteiger partial charge in [0.2, 0.25) is 0 Å². The van der Waals surface area contributed by atoms with Crippen molar-refractivity contribution < 1.29 is 22.3 Å². The number of likely N-dealkylation sites (tertiary alicyclic amines) is 1. The van der Waals surface area contributed by atoms with Gasteiger partial charge in [-0.2, -0.15) is 0 Å². The van der Waals surface area contributed by atoms with E-state index in [2.05, 4.69) is 19.8 Å². The number of ether oxygens (including phenoxy) is 1. The highest BCUT2D eigenvalue weighted by atomic mass is 35.5. The first-order chi connectivity index (χ1) is 21.8. The van der Waals surface area contributed by atoms with Gasteiger partial charge in [-0.15, -0.1) is 37.2 Å². The lowest BCUT2D eigenvalue weighted by Crippen LogP contribution is -2.44. The van der Waals surface area contributed by atoms with Crippen LogP contribution in [0.3, 0.4) is 0 Å². The molecule has 48 heavy (non-hydrogen) atoms. The first-order valence-corrected chi connectivity index (χ1v) is 14.8. The van der Waals surface area contributed by atoms with Gasteiger partial charge in [0.15, 0.2) is 0 Å². The van der Waals surface area contributed by atoms with Gasteiger partial charge in [-0.25, -0.2) is 17.6 Å². The highest BCUT2D eigenvalue weighted by Gasteiger charge is 2.26. The summed E-state index contributed by atoms with van der Waals surface area (Å²) < 4.78 is 60.8. The fraction of sp³-hybridized carbons (Fsp3) is 0.222. The Labute approximate surface area is 296 Å². The summed E-state index contributed by atoms with van der Waals surface area (Å²) in [5.41, 5.74) is 4.88. The van der Waals surface area contributed by atoms with Crippen molar-refractivity contribution in [3.05, 3.63) is 132 Å². The number of methoxy groups -OCH3 is 1. The summed E-state index contributed by atoms with van der Waals surface area (Å²) in [7, 11) is 1.64. The van der Waals surface area contributed by atoms with E-state index >= 15 is 0 Å². The Balaban J connectivity index is 0.00000208. The van der Waals surface area contributed by atoms with Gasteiger partial charge in [-0.05, 0) is 96.8 Å². The highest BCUT2D eigenvalue weighted by Crippen LogP contribution is 2.30. The van der Waals surface area contributed by atoms with Crippen LogP contribution in [0.4, 0.5) is 23.2 Å². The first kappa shape index (κ1) is 38.6. The molecule has 1 fully saturated rings. The van der Waals surface area contributed by atoms with Gasteiger partial charge in [0.05, 0.1) is 18.5 Å². The summed E-state index contributed by atoms with van der Waals surface area (Å²) in [6.45, 7) is 2.99. The quantitative estimate of drug-likeness (QED) is 0.142.